The lowest BCUT2D eigenvalue weighted by Crippen LogP contribution is -2.26. The van der Waals surface area contributed by atoms with Gasteiger partial charge in [0.05, 0.1) is 27.9 Å². The molecule has 12 rings (SSSR count). The van der Waals surface area contributed by atoms with E-state index in [9.17, 15) is 0 Å². The number of nitrogens with zero attached hydrogens (tertiary/aromatic N) is 4. The molecule has 340 valence electrons. The summed E-state index contributed by atoms with van der Waals surface area (Å²) < 4.78 is 9.46. The van der Waals surface area contributed by atoms with Crippen LogP contribution in [-0.4, -0.2) is 16.2 Å². The van der Waals surface area contributed by atoms with E-state index in [4.69, 9.17) is 9.72 Å². The molecule has 1 aliphatic rings. The van der Waals surface area contributed by atoms with Gasteiger partial charge < -0.3 is 14.5 Å². The maximum Gasteiger partial charge on any atom is 0.146 e. The number of anilines is 4. The molecule has 0 unspecified atom stereocenters. The molecule has 0 amide bonds. The fourth-order valence-corrected chi connectivity index (χ4v) is 10.6. The number of ether oxygens (including phenoxy) is 1. The number of hydrogen-bond acceptors (Lipinski definition) is 4. The molecule has 0 radical (unpaired) electrons. The van der Waals surface area contributed by atoms with Crippen LogP contribution in [0.1, 0.15) is 79.0 Å². The summed E-state index contributed by atoms with van der Waals surface area (Å²) in [4.78, 5) is 10.5. The van der Waals surface area contributed by atoms with Gasteiger partial charge in [0.2, 0.25) is 0 Å². The van der Waals surface area contributed by atoms with E-state index >= 15 is 0 Å². The summed E-state index contributed by atoms with van der Waals surface area (Å²) in [6.07, 6.45) is 0. The summed E-state index contributed by atoms with van der Waals surface area (Å²) in [5, 5.41) is 10.7. The van der Waals surface area contributed by atoms with Gasteiger partial charge in [-0.1, -0.05) is 159 Å². The molecule has 11 aromatic rings. The van der Waals surface area contributed by atoms with E-state index in [0.29, 0.717) is 6.67 Å². The van der Waals surface area contributed by atoms with E-state index in [1.807, 2.05) is 0 Å². The molecular formula is C64H58N4O. The largest absolute Gasteiger partial charge is 0.457 e. The monoisotopic (exact) mass is 898 g/mol. The van der Waals surface area contributed by atoms with Crippen molar-refractivity contribution in [2.24, 2.45) is 0 Å². The summed E-state index contributed by atoms with van der Waals surface area (Å²) in [6, 6.07) is 64.4. The van der Waals surface area contributed by atoms with Gasteiger partial charge in [0, 0.05) is 50.4 Å². The first-order chi connectivity index (χ1) is 33.1. The van der Waals surface area contributed by atoms with Crippen molar-refractivity contribution in [1.82, 2.24) is 9.55 Å². The lowest BCUT2D eigenvalue weighted by atomic mass is 9.80. The zero-order valence-electron chi connectivity index (χ0n) is 41.1. The minimum absolute atomic E-state index is 0.00357. The summed E-state index contributed by atoms with van der Waals surface area (Å²) in [6.45, 7) is 21.4. The fraction of sp³-hybridized carbons (Fsp3) is 0.203. The molecule has 0 saturated heterocycles. The maximum atomic E-state index is 7.10. The van der Waals surface area contributed by atoms with Crippen molar-refractivity contribution in [3.05, 3.63) is 193 Å². The molecule has 0 saturated carbocycles. The zero-order chi connectivity index (χ0) is 47.6. The van der Waals surface area contributed by atoms with Crippen LogP contribution in [-0.2, 0) is 16.2 Å². The number of hydrogen-bond donors (Lipinski definition) is 0. The Kier molecular flexibility index (Phi) is 9.56. The van der Waals surface area contributed by atoms with Gasteiger partial charge in [-0.25, -0.2) is 4.98 Å². The third kappa shape index (κ3) is 7.17. The number of aromatic nitrogens is 2. The van der Waals surface area contributed by atoms with Crippen molar-refractivity contribution in [1.29, 1.82) is 0 Å². The average molecular weight is 899 g/mol. The Morgan fingerprint density at radius 3 is 1.55 bits per heavy atom. The van der Waals surface area contributed by atoms with Crippen molar-refractivity contribution >= 4 is 87.8 Å². The second-order valence-electron chi connectivity index (χ2n) is 22.2. The standard InChI is InChI=1S/C64H58N4O/c1-62(2,3)42-32-43(63(4,5)6)34-45(33-42)66-39-67(57-25-17-16-24-56(57)66)46-35-44(64(7,8)9)36-48(37-46)69-47-28-30-52-51-22-14-15-23-55(51)68(58(52)38-47)61-53-29-26-40-18-10-12-20-49(40)59(53)60-50-21-13-11-19-41(50)27-31-54(60)65-61/h10-38H,39H2,1-9H3. The van der Waals surface area contributed by atoms with E-state index in [-0.39, 0.29) is 16.2 Å². The highest BCUT2D eigenvalue weighted by molar-refractivity contribution is 6.28. The minimum atomic E-state index is -0.135. The minimum Gasteiger partial charge on any atom is -0.457 e. The van der Waals surface area contributed by atoms with Crippen LogP contribution in [0.25, 0.3) is 70.8 Å². The van der Waals surface area contributed by atoms with Gasteiger partial charge in [-0.15, -0.1) is 0 Å². The molecule has 69 heavy (non-hydrogen) atoms. The first kappa shape index (κ1) is 42.7. The fourth-order valence-electron chi connectivity index (χ4n) is 10.6. The molecule has 0 aliphatic carbocycles. The SMILES string of the molecule is CC(C)(C)c1cc(Oc2ccc3c4ccccc4n(-c4nc5ccc6ccccc6c5c5c4ccc4ccccc45)c3c2)cc(N2CN(c3cc(C(C)(C)C)cc(C(C)(C)C)c3)c3ccccc32)c1. The maximum absolute atomic E-state index is 7.10. The van der Waals surface area contributed by atoms with Crippen LogP contribution in [0, 0.1) is 0 Å². The Morgan fingerprint density at radius 1 is 0.406 bits per heavy atom. The van der Waals surface area contributed by atoms with E-state index in [1.54, 1.807) is 0 Å². The van der Waals surface area contributed by atoms with Crippen molar-refractivity contribution < 1.29 is 4.74 Å². The van der Waals surface area contributed by atoms with E-state index in [2.05, 4.69) is 253 Å². The van der Waals surface area contributed by atoms with Gasteiger partial charge in [-0.05, 0) is 121 Å². The Hall–Kier alpha value is -7.63. The molecule has 0 spiro atoms. The van der Waals surface area contributed by atoms with Crippen molar-refractivity contribution in [2.75, 3.05) is 16.5 Å². The third-order valence-corrected chi connectivity index (χ3v) is 14.4. The van der Waals surface area contributed by atoms with Gasteiger partial charge in [0.1, 0.15) is 24.0 Å². The van der Waals surface area contributed by atoms with Crippen molar-refractivity contribution in [3.63, 3.8) is 0 Å². The highest BCUT2D eigenvalue weighted by Crippen LogP contribution is 2.48. The van der Waals surface area contributed by atoms with Crippen molar-refractivity contribution in [2.45, 2.75) is 78.6 Å². The van der Waals surface area contributed by atoms with Crippen LogP contribution in [0.2, 0.25) is 0 Å². The smallest absolute Gasteiger partial charge is 0.146 e. The van der Waals surface area contributed by atoms with Gasteiger partial charge in [-0.2, -0.15) is 0 Å². The molecule has 3 heterocycles. The first-order valence-electron chi connectivity index (χ1n) is 24.4. The van der Waals surface area contributed by atoms with Gasteiger partial charge in [0.25, 0.3) is 0 Å². The second kappa shape index (κ2) is 15.4. The molecule has 0 fully saturated rings. The molecule has 9 aromatic carbocycles. The summed E-state index contributed by atoms with van der Waals surface area (Å²) >= 11 is 0. The van der Waals surface area contributed by atoms with Gasteiger partial charge in [-0.3, -0.25) is 4.57 Å². The Balaban J connectivity index is 1.01. The number of benzene rings is 9. The van der Waals surface area contributed by atoms with Crippen molar-refractivity contribution in [3.8, 4) is 17.3 Å². The Bertz CT molecular complexity index is 3840. The van der Waals surface area contributed by atoms with Crippen LogP contribution >= 0.6 is 0 Å². The quantitative estimate of drug-likeness (QED) is 0.161. The molecule has 1 aliphatic heterocycles. The van der Waals surface area contributed by atoms with Gasteiger partial charge in [0.15, 0.2) is 0 Å². The molecular weight excluding hydrogens is 841 g/mol. The van der Waals surface area contributed by atoms with E-state index < -0.39 is 0 Å². The normalized spacial score (nSPS) is 13.5. The molecule has 2 aromatic heterocycles. The number of rotatable bonds is 5. The zero-order valence-corrected chi connectivity index (χ0v) is 41.1. The van der Waals surface area contributed by atoms with Crippen LogP contribution < -0.4 is 14.5 Å². The van der Waals surface area contributed by atoms with Crippen LogP contribution in [0.4, 0.5) is 22.7 Å². The molecule has 5 heteroatoms. The topological polar surface area (TPSA) is 33.5 Å². The highest BCUT2D eigenvalue weighted by atomic mass is 16.5. The van der Waals surface area contributed by atoms with Gasteiger partial charge >= 0.3 is 0 Å². The lowest BCUT2D eigenvalue weighted by Gasteiger charge is -2.29. The van der Waals surface area contributed by atoms with Crippen LogP contribution in [0.3, 0.4) is 0 Å². The molecule has 0 N–H and O–H groups in total. The summed E-state index contributed by atoms with van der Waals surface area (Å²) in [5.41, 5.74) is 11.6. The highest BCUT2D eigenvalue weighted by Gasteiger charge is 2.31. The predicted molar refractivity (Wildman–Crippen MR) is 293 cm³/mol. The first-order valence-corrected chi connectivity index (χ1v) is 24.4. The third-order valence-electron chi connectivity index (χ3n) is 14.4. The van der Waals surface area contributed by atoms with Crippen LogP contribution in [0.5, 0.6) is 11.5 Å². The lowest BCUT2D eigenvalue weighted by molar-refractivity contribution is 0.479. The Morgan fingerprint density at radius 2 is 0.913 bits per heavy atom. The Labute approximate surface area is 405 Å². The van der Waals surface area contributed by atoms with E-state index in [1.165, 1.54) is 71.5 Å². The predicted octanol–water partition coefficient (Wildman–Crippen LogP) is 17.7. The second-order valence-corrected chi connectivity index (χ2v) is 22.2. The van der Waals surface area contributed by atoms with Crippen LogP contribution in [0.15, 0.2) is 176 Å². The number of para-hydroxylation sites is 3. The molecule has 5 nitrogen and oxygen atoms in total. The molecule has 0 atom stereocenters. The van der Waals surface area contributed by atoms with E-state index in [0.717, 1.165) is 50.3 Å². The summed E-state index contributed by atoms with van der Waals surface area (Å²) in [7, 11) is 0. The number of pyridine rings is 1. The molecule has 0 bridgehead atoms. The summed E-state index contributed by atoms with van der Waals surface area (Å²) in [5.74, 6) is 2.47. The average Bonchev–Trinajstić information content (AvgIpc) is 3.88. The number of fused-ring (bicyclic) bond motifs is 11.